The second kappa shape index (κ2) is 10.6. The Hall–Kier alpha value is -2.18. The molecule has 1 fully saturated rings. The number of nitrogens with one attached hydrogen (secondary N) is 2. The molecular formula is C22H28ClN3O6S2. The van der Waals surface area contributed by atoms with Crippen LogP contribution in [0.2, 0.25) is 5.02 Å². The van der Waals surface area contributed by atoms with Crippen LogP contribution in [0.4, 0.5) is 5.69 Å². The number of halogens is 1. The zero-order valence-electron chi connectivity index (χ0n) is 19.2. The number of anilines is 1. The van der Waals surface area contributed by atoms with Gasteiger partial charge in [-0.25, -0.2) is 21.6 Å². The van der Waals surface area contributed by atoms with Gasteiger partial charge in [-0.15, -0.1) is 0 Å². The van der Waals surface area contributed by atoms with Gasteiger partial charge in [-0.05, 0) is 69.6 Å². The number of nitrogens with zero attached hydrogens (tertiary/aromatic N) is 1. The maximum absolute atomic E-state index is 13.0. The van der Waals surface area contributed by atoms with Crippen molar-refractivity contribution in [1.82, 2.24) is 9.03 Å². The van der Waals surface area contributed by atoms with Crippen molar-refractivity contribution in [2.75, 3.05) is 32.1 Å². The minimum absolute atomic E-state index is 0.0471. The number of ether oxygens (including phenoxy) is 1. The number of hydrogen-bond donors (Lipinski definition) is 2. The number of benzene rings is 2. The van der Waals surface area contributed by atoms with Crippen LogP contribution in [0.5, 0.6) is 5.75 Å². The molecule has 0 spiro atoms. The molecule has 0 bridgehead atoms. The van der Waals surface area contributed by atoms with E-state index < -0.39 is 26.0 Å². The molecule has 12 heteroatoms. The lowest BCUT2D eigenvalue weighted by molar-refractivity contribution is -0.120. The first-order valence-corrected chi connectivity index (χ1v) is 14.1. The van der Waals surface area contributed by atoms with Crippen molar-refractivity contribution in [3.8, 4) is 5.75 Å². The first-order valence-electron chi connectivity index (χ1n) is 10.8. The van der Waals surface area contributed by atoms with Gasteiger partial charge in [-0.3, -0.25) is 4.79 Å². The van der Waals surface area contributed by atoms with E-state index in [-0.39, 0.29) is 33.8 Å². The molecule has 34 heavy (non-hydrogen) atoms. The first kappa shape index (κ1) is 26.4. The first-order chi connectivity index (χ1) is 16.0. The van der Waals surface area contributed by atoms with Crippen LogP contribution in [0.25, 0.3) is 0 Å². The van der Waals surface area contributed by atoms with Gasteiger partial charge < -0.3 is 10.1 Å². The summed E-state index contributed by atoms with van der Waals surface area (Å²) in [6, 6.07) is 8.86. The van der Waals surface area contributed by atoms with E-state index in [0.717, 1.165) is 5.56 Å². The number of hydrogen-bond acceptors (Lipinski definition) is 6. The second-order valence-electron chi connectivity index (χ2n) is 7.88. The van der Waals surface area contributed by atoms with Gasteiger partial charge in [0.2, 0.25) is 26.0 Å². The molecule has 2 aromatic rings. The molecule has 2 aromatic carbocycles. The third kappa shape index (κ3) is 5.72. The fourth-order valence-electron chi connectivity index (χ4n) is 3.68. The van der Waals surface area contributed by atoms with E-state index in [2.05, 4.69) is 10.0 Å². The van der Waals surface area contributed by atoms with E-state index in [4.69, 9.17) is 16.3 Å². The molecule has 1 aliphatic rings. The van der Waals surface area contributed by atoms with E-state index in [1.54, 1.807) is 13.0 Å². The molecule has 3 rings (SSSR count). The zero-order chi connectivity index (χ0) is 25.1. The van der Waals surface area contributed by atoms with Crippen LogP contribution in [0.1, 0.15) is 25.3 Å². The number of piperidine rings is 1. The van der Waals surface area contributed by atoms with E-state index in [1.807, 2.05) is 6.92 Å². The summed E-state index contributed by atoms with van der Waals surface area (Å²) in [5.74, 6) is -0.261. The maximum Gasteiger partial charge on any atom is 0.243 e. The van der Waals surface area contributed by atoms with Crippen molar-refractivity contribution >= 4 is 43.2 Å². The van der Waals surface area contributed by atoms with Crippen LogP contribution >= 0.6 is 11.6 Å². The highest BCUT2D eigenvalue weighted by Crippen LogP contribution is 2.31. The molecule has 186 valence electrons. The van der Waals surface area contributed by atoms with Crippen molar-refractivity contribution in [2.24, 2.45) is 5.92 Å². The monoisotopic (exact) mass is 529 g/mol. The quantitative estimate of drug-likeness (QED) is 0.542. The topological polar surface area (TPSA) is 122 Å². The summed E-state index contributed by atoms with van der Waals surface area (Å²) in [6.45, 7) is 4.35. The molecule has 0 atom stereocenters. The number of rotatable bonds is 8. The van der Waals surface area contributed by atoms with Gasteiger partial charge in [-0.2, -0.15) is 4.31 Å². The minimum Gasteiger partial charge on any atom is -0.492 e. The molecule has 0 saturated carbocycles. The lowest BCUT2D eigenvalue weighted by Gasteiger charge is -2.30. The van der Waals surface area contributed by atoms with Gasteiger partial charge in [0.25, 0.3) is 0 Å². The third-order valence-corrected chi connectivity index (χ3v) is 9.31. The Labute approximate surface area is 205 Å². The predicted molar refractivity (Wildman–Crippen MR) is 130 cm³/mol. The molecule has 2 N–H and O–H groups in total. The molecule has 0 radical (unpaired) electrons. The van der Waals surface area contributed by atoms with Gasteiger partial charge in [0.05, 0.1) is 21.4 Å². The summed E-state index contributed by atoms with van der Waals surface area (Å²) in [7, 11) is -6.10. The molecular weight excluding hydrogens is 502 g/mol. The third-order valence-electron chi connectivity index (χ3n) is 5.71. The maximum atomic E-state index is 13.0. The lowest BCUT2D eigenvalue weighted by atomic mass is 9.97. The molecule has 0 aromatic heterocycles. The Morgan fingerprint density at radius 2 is 1.74 bits per heavy atom. The van der Waals surface area contributed by atoms with Crippen molar-refractivity contribution in [2.45, 2.75) is 36.5 Å². The fourth-order valence-corrected chi connectivity index (χ4v) is 6.23. The van der Waals surface area contributed by atoms with Gasteiger partial charge >= 0.3 is 0 Å². The van der Waals surface area contributed by atoms with Gasteiger partial charge in [0.15, 0.2) is 0 Å². The highest BCUT2D eigenvalue weighted by Gasteiger charge is 2.32. The normalized spacial score (nSPS) is 15.8. The second-order valence-corrected chi connectivity index (χ2v) is 12.1. The summed E-state index contributed by atoms with van der Waals surface area (Å²) < 4.78 is 59.2. The Morgan fingerprint density at radius 1 is 1.09 bits per heavy atom. The van der Waals surface area contributed by atoms with Crippen LogP contribution in [0.3, 0.4) is 0 Å². The number of amides is 1. The molecule has 0 unspecified atom stereocenters. The Bertz CT molecular complexity index is 1270. The highest BCUT2D eigenvalue weighted by atomic mass is 35.5. The molecule has 1 saturated heterocycles. The number of aryl methyl sites for hydroxylation is 1. The van der Waals surface area contributed by atoms with E-state index in [0.29, 0.717) is 30.9 Å². The zero-order valence-corrected chi connectivity index (χ0v) is 21.6. The van der Waals surface area contributed by atoms with Gasteiger partial charge in [0, 0.05) is 24.7 Å². The molecule has 1 amide bonds. The summed E-state index contributed by atoms with van der Waals surface area (Å²) in [5.41, 5.74) is 1.12. The van der Waals surface area contributed by atoms with Gasteiger partial charge in [-0.1, -0.05) is 17.7 Å². The SMILES string of the molecule is CCOc1ccc(S(=O)(=O)N2CCC(C(=O)Nc3cc(S(=O)(=O)NC)ccc3C)CC2)cc1Cl. The molecule has 9 nitrogen and oxygen atoms in total. The minimum atomic E-state index is -3.77. The van der Waals surface area contributed by atoms with Crippen molar-refractivity contribution in [1.29, 1.82) is 0 Å². The summed E-state index contributed by atoms with van der Waals surface area (Å²) in [6.07, 6.45) is 0.673. The van der Waals surface area contributed by atoms with Crippen molar-refractivity contribution in [3.63, 3.8) is 0 Å². The summed E-state index contributed by atoms with van der Waals surface area (Å²) >= 11 is 6.15. The average molecular weight is 530 g/mol. The lowest BCUT2D eigenvalue weighted by Crippen LogP contribution is -2.41. The van der Waals surface area contributed by atoms with Crippen LogP contribution in [-0.4, -0.2) is 53.8 Å². The van der Waals surface area contributed by atoms with Crippen LogP contribution in [0.15, 0.2) is 46.2 Å². The van der Waals surface area contributed by atoms with E-state index in [9.17, 15) is 21.6 Å². The molecule has 1 heterocycles. The number of carbonyl (C=O) groups excluding carboxylic acids is 1. The number of carbonyl (C=O) groups is 1. The Kier molecular flexibility index (Phi) is 8.25. The fraction of sp³-hybridized carbons (Fsp3) is 0.409. The van der Waals surface area contributed by atoms with Gasteiger partial charge in [0.1, 0.15) is 5.75 Å². The molecule has 1 aliphatic heterocycles. The Balaban J connectivity index is 1.67. The predicted octanol–water partition coefficient (Wildman–Crippen LogP) is 2.99. The van der Waals surface area contributed by atoms with E-state index in [1.165, 1.54) is 41.7 Å². The van der Waals surface area contributed by atoms with E-state index >= 15 is 0 Å². The summed E-state index contributed by atoms with van der Waals surface area (Å²) in [4.78, 5) is 13.0. The standard InChI is InChI=1S/C22H28ClN3O6S2/c1-4-32-21-8-7-18(13-19(21)23)34(30,31)26-11-9-16(10-12-26)22(27)25-20-14-17(6-5-15(20)2)33(28,29)24-3/h5-8,13-14,16,24H,4,9-12H2,1-3H3,(H,25,27). The number of sulfonamides is 2. The van der Waals surface area contributed by atoms with Crippen LogP contribution in [-0.2, 0) is 24.8 Å². The van der Waals surface area contributed by atoms with Crippen LogP contribution < -0.4 is 14.8 Å². The summed E-state index contributed by atoms with van der Waals surface area (Å²) in [5, 5.41) is 3.01. The van der Waals surface area contributed by atoms with Crippen molar-refractivity contribution in [3.05, 3.63) is 47.0 Å². The molecule has 0 aliphatic carbocycles. The van der Waals surface area contributed by atoms with Crippen LogP contribution in [0, 0.1) is 12.8 Å². The van der Waals surface area contributed by atoms with Crippen molar-refractivity contribution < 1.29 is 26.4 Å². The Morgan fingerprint density at radius 3 is 2.32 bits per heavy atom. The highest BCUT2D eigenvalue weighted by molar-refractivity contribution is 7.89. The largest absolute Gasteiger partial charge is 0.492 e. The smallest absolute Gasteiger partial charge is 0.243 e. The average Bonchev–Trinajstić information content (AvgIpc) is 2.81.